The highest BCUT2D eigenvalue weighted by Crippen LogP contribution is 2.04. The molecule has 0 fully saturated rings. The van der Waals surface area contributed by atoms with Crippen LogP contribution in [0.2, 0.25) is 0 Å². The molecule has 0 radical (unpaired) electrons. The highest BCUT2D eigenvalue weighted by molar-refractivity contribution is 5.76. The fourth-order valence-corrected chi connectivity index (χ4v) is 1.15. The van der Waals surface area contributed by atoms with E-state index in [4.69, 9.17) is 2.74 Å². The second-order valence-electron chi connectivity index (χ2n) is 4.48. The molecule has 0 aliphatic heterocycles. The zero-order chi connectivity index (χ0) is 13.1. The highest BCUT2D eigenvalue weighted by atomic mass is 16.1. The summed E-state index contributed by atoms with van der Waals surface area (Å²) in [7, 11) is 0. The predicted octanol–water partition coefficient (Wildman–Crippen LogP) is 2.53. The van der Waals surface area contributed by atoms with Crippen LogP contribution in [0.5, 0.6) is 0 Å². The summed E-state index contributed by atoms with van der Waals surface area (Å²) in [6.45, 7) is 5.58. The molecule has 1 N–H and O–H groups in total. The Balaban J connectivity index is 2.70. The van der Waals surface area contributed by atoms with Crippen LogP contribution in [0.15, 0.2) is 30.3 Å². The van der Waals surface area contributed by atoms with E-state index in [0.717, 1.165) is 0 Å². The summed E-state index contributed by atoms with van der Waals surface area (Å²) in [5.74, 6) is -0.402. The standard InChI is InChI=1S/C13H19NO/c1-13(2,3)14-12(15)10-9-11-7-5-4-6-8-11/h4-8H,9-10H2,1-3H3,(H,14,15)/i9D,10D/t9-,10-/m0/s1. The van der Waals surface area contributed by atoms with Crippen LogP contribution in [-0.4, -0.2) is 11.4 Å². The first-order valence-corrected chi connectivity index (χ1v) is 5.03. The molecule has 0 spiro atoms. The lowest BCUT2D eigenvalue weighted by atomic mass is 10.1. The van der Waals surface area contributed by atoms with E-state index in [2.05, 4.69) is 5.32 Å². The Bertz CT molecular complexity index is 373. The number of nitrogens with one attached hydrogen (secondary N) is 1. The molecule has 1 aromatic carbocycles. The maximum absolute atomic E-state index is 11.8. The van der Waals surface area contributed by atoms with Crippen molar-refractivity contribution < 1.29 is 7.54 Å². The molecular formula is C13H19NO. The lowest BCUT2D eigenvalue weighted by molar-refractivity contribution is -0.122. The molecule has 1 rings (SSSR count). The fraction of sp³-hybridized carbons (Fsp3) is 0.462. The van der Waals surface area contributed by atoms with Gasteiger partial charge in [-0.1, -0.05) is 30.3 Å². The van der Waals surface area contributed by atoms with E-state index in [-0.39, 0.29) is 5.54 Å². The van der Waals surface area contributed by atoms with E-state index in [1.54, 1.807) is 12.1 Å². The number of hydrogen-bond acceptors (Lipinski definition) is 1. The summed E-state index contributed by atoms with van der Waals surface area (Å²) in [6.07, 6.45) is -1.95. The average molecular weight is 207 g/mol. The third-order valence-corrected chi connectivity index (χ3v) is 1.72. The van der Waals surface area contributed by atoms with E-state index >= 15 is 0 Å². The molecule has 0 aromatic heterocycles. The van der Waals surface area contributed by atoms with Crippen LogP contribution in [0.4, 0.5) is 0 Å². The van der Waals surface area contributed by atoms with Gasteiger partial charge in [-0.3, -0.25) is 4.79 Å². The van der Waals surface area contributed by atoms with Crippen LogP contribution in [-0.2, 0) is 11.2 Å². The number of benzene rings is 1. The van der Waals surface area contributed by atoms with Crippen LogP contribution in [0, 0.1) is 0 Å². The lowest BCUT2D eigenvalue weighted by Gasteiger charge is -2.20. The van der Waals surface area contributed by atoms with Crippen molar-refractivity contribution in [1.82, 2.24) is 5.32 Å². The monoisotopic (exact) mass is 207 g/mol. The number of amides is 1. The van der Waals surface area contributed by atoms with Crippen LogP contribution in [0.25, 0.3) is 0 Å². The molecule has 0 unspecified atom stereocenters. The fourth-order valence-electron chi connectivity index (χ4n) is 1.15. The Labute approximate surface area is 94.5 Å². The Morgan fingerprint density at radius 1 is 1.33 bits per heavy atom. The maximum Gasteiger partial charge on any atom is 0.220 e. The average Bonchev–Trinajstić information content (AvgIpc) is 2.26. The van der Waals surface area contributed by atoms with Gasteiger partial charge in [0.15, 0.2) is 0 Å². The van der Waals surface area contributed by atoms with Gasteiger partial charge in [0.2, 0.25) is 5.91 Å². The molecule has 2 atom stereocenters. The molecule has 0 saturated carbocycles. The maximum atomic E-state index is 11.8. The van der Waals surface area contributed by atoms with E-state index in [0.29, 0.717) is 5.56 Å². The van der Waals surface area contributed by atoms with Gasteiger partial charge in [0.25, 0.3) is 0 Å². The summed E-state index contributed by atoms with van der Waals surface area (Å²) < 4.78 is 15.7. The topological polar surface area (TPSA) is 29.1 Å². The second-order valence-corrected chi connectivity index (χ2v) is 4.48. The Morgan fingerprint density at radius 3 is 2.47 bits per heavy atom. The number of hydrogen-bond donors (Lipinski definition) is 1. The Morgan fingerprint density at radius 2 is 1.93 bits per heavy atom. The minimum Gasteiger partial charge on any atom is -0.351 e. The van der Waals surface area contributed by atoms with Crippen LogP contribution >= 0.6 is 0 Å². The van der Waals surface area contributed by atoms with Crippen molar-refractivity contribution in [2.75, 3.05) is 0 Å². The summed E-state index contributed by atoms with van der Waals surface area (Å²) >= 11 is 0. The van der Waals surface area contributed by atoms with Gasteiger partial charge in [-0.2, -0.15) is 0 Å². The van der Waals surface area contributed by atoms with Crippen molar-refractivity contribution in [3.63, 3.8) is 0 Å². The minimum atomic E-state index is -1.10. The van der Waals surface area contributed by atoms with Crippen LogP contribution < -0.4 is 5.32 Å². The summed E-state index contributed by atoms with van der Waals surface area (Å²) in [5, 5.41) is 2.72. The number of aryl methyl sites for hydroxylation is 1. The summed E-state index contributed by atoms with van der Waals surface area (Å²) in [4.78, 5) is 11.8. The largest absolute Gasteiger partial charge is 0.351 e. The van der Waals surface area contributed by atoms with Gasteiger partial charge in [0, 0.05) is 14.7 Å². The van der Waals surface area contributed by atoms with Crippen LogP contribution in [0.3, 0.4) is 0 Å². The number of carbonyl (C=O) groups is 1. The first kappa shape index (κ1) is 8.96. The lowest BCUT2D eigenvalue weighted by Crippen LogP contribution is -2.40. The van der Waals surface area contributed by atoms with E-state index in [1.165, 1.54) is 0 Å². The van der Waals surface area contributed by atoms with E-state index in [9.17, 15) is 4.79 Å². The quantitative estimate of drug-likeness (QED) is 0.810. The normalized spacial score (nSPS) is 17.3. The van der Waals surface area contributed by atoms with Crippen molar-refractivity contribution >= 4 is 5.91 Å². The summed E-state index contributed by atoms with van der Waals surface area (Å²) in [5.41, 5.74) is 0.323. The molecule has 15 heavy (non-hydrogen) atoms. The zero-order valence-electron chi connectivity index (χ0n) is 11.4. The Kier molecular flexibility index (Phi) is 2.96. The molecule has 0 heterocycles. The van der Waals surface area contributed by atoms with Gasteiger partial charge in [-0.05, 0) is 32.7 Å². The smallest absolute Gasteiger partial charge is 0.220 e. The van der Waals surface area contributed by atoms with Crippen LogP contribution in [0.1, 0.15) is 35.5 Å². The molecule has 1 aromatic rings. The highest BCUT2D eigenvalue weighted by Gasteiger charge is 2.12. The summed E-state index contributed by atoms with van der Waals surface area (Å²) in [6, 6.07) is 9.01. The molecule has 82 valence electrons. The van der Waals surface area contributed by atoms with Gasteiger partial charge >= 0.3 is 0 Å². The third kappa shape index (κ3) is 5.21. The molecule has 0 bridgehead atoms. The zero-order valence-corrected chi connectivity index (χ0v) is 9.45. The third-order valence-electron chi connectivity index (χ3n) is 1.72. The first-order valence-electron chi connectivity index (χ1n) is 6.18. The van der Waals surface area contributed by atoms with Crippen molar-refractivity contribution in [3.8, 4) is 0 Å². The molecule has 0 saturated heterocycles. The number of carbonyl (C=O) groups excluding carboxylic acids is 1. The van der Waals surface area contributed by atoms with Gasteiger partial charge in [-0.25, -0.2) is 0 Å². The van der Waals surface area contributed by atoms with Crippen molar-refractivity contribution in [3.05, 3.63) is 35.9 Å². The molecule has 0 aliphatic carbocycles. The predicted molar refractivity (Wildman–Crippen MR) is 62.7 cm³/mol. The molecule has 2 heteroatoms. The molecular weight excluding hydrogens is 186 g/mol. The van der Waals surface area contributed by atoms with E-state index < -0.39 is 18.7 Å². The second kappa shape index (κ2) is 4.96. The van der Waals surface area contributed by atoms with Gasteiger partial charge < -0.3 is 5.32 Å². The van der Waals surface area contributed by atoms with Gasteiger partial charge in [-0.15, -0.1) is 0 Å². The molecule has 0 aliphatic rings. The van der Waals surface area contributed by atoms with Gasteiger partial charge in [0.05, 0.1) is 0 Å². The molecule has 1 amide bonds. The Hall–Kier alpha value is -1.31. The van der Waals surface area contributed by atoms with Crippen molar-refractivity contribution in [2.45, 2.75) is 39.1 Å². The SMILES string of the molecule is [2H][C@H](C(=O)NC(C)(C)C)[C@H]([2H])c1ccccc1. The van der Waals surface area contributed by atoms with Crippen molar-refractivity contribution in [2.24, 2.45) is 0 Å². The van der Waals surface area contributed by atoms with E-state index in [1.807, 2.05) is 39.0 Å². The van der Waals surface area contributed by atoms with Gasteiger partial charge in [0.1, 0.15) is 0 Å². The minimum absolute atomic E-state index is 0.368. The molecule has 2 nitrogen and oxygen atoms in total. The first-order chi connectivity index (χ1) is 7.81. The number of rotatable bonds is 3. The van der Waals surface area contributed by atoms with Crippen molar-refractivity contribution in [1.29, 1.82) is 0 Å².